The lowest BCUT2D eigenvalue weighted by Gasteiger charge is -2.31. The smallest absolute Gasteiger partial charge is 0.285 e. The number of nitro groups is 1. The predicted molar refractivity (Wildman–Crippen MR) is 190 cm³/mol. The molecule has 2 saturated heterocycles. The van der Waals surface area contributed by atoms with Crippen LogP contribution in [0.25, 0.3) is 6.08 Å². The van der Waals surface area contributed by atoms with Crippen molar-refractivity contribution >= 4 is 47.1 Å². The van der Waals surface area contributed by atoms with Crippen LogP contribution in [0.15, 0.2) is 36.4 Å². The van der Waals surface area contributed by atoms with Gasteiger partial charge in [0.2, 0.25) is 5.91 Å². The van der Waals surface area contributed by atoms with Crippen LogP contribution in [-0.2, 0) is 11.4 Å². The molecule has 0 spiro atoms. The quantitative estimate of drug-likeness (QED) is 0.0852. The van der Waals surface area contributed by atoms with Crippen LogP contribution in [0, 0.1) is 10.1 Å². The number of methoxy groups -OCH3 is 1. The number of carbonyl (C=O) groups excluding carboxylic acids is 2. The second kappa shape index (κ2) is 18.3. The van der Waals surface area contributed by atoms with E-state index in [2.05, 4.69) is 18.7 Å². The minimum absolute atomic E-state index is 0.0140. The lowest BCUT2D eigenvalue weighted by Crippen LogP contribution is -2.46. The number of benzene rings is 2. The molecule has 1 atom stereocenters. The molecule has 0 unspecified atom stereocenters. The Morgan fingerprint density at radius 3 is 2.33 bits per heavy atom. The van der Waals surface area contributed by atoms with Crippen LogP contribution in [0.5, 0.6) is 17.2 Å². The van der Waals surface area contributed by atoms with E-state index < -0.39 is 17.4 Å². The SMILES string of the molecule is CCSC(SCC)[C@@H]1CCCN1C(=O)c1cc(CO)c(OCCOc2ccc(/C=C/C(=O)N3CCN(C)CC3)cc2OC)cc1[N+](=O)[O-]. The molecule has 14 heteroatoms. The van der Waals surface area contributed by atoms with Crippen LogP contribution in [0.3, 0.4) is 0 Å². The molecule has 2 aliphatic rings. The molecule has 0 bridgehead atoms. The second-order valence-corrected chi connectivity index (χ2v) is 14.6. The van der Waals surface area contributed by atoms with E-state index in [1.165, 1.54) is 19.2 Å². The molecule has 2 amide bonds. The number of aliphatic hydroxyl groups is 1. The van der Waals surface area contributed by atoms with E-state index in [9.17, 15) is 24.8 Å². The van der Waals surface area contributed by atoms with Crippen LogP contribution in [0.2, 0.25) is 0 Å². The third kappa shape index (κ3) is 9.58. The van der Waals surface area contributed by atoms with Gasteiger partial charge in [0.05, 0.1) is 35.3 Å². The first kappa shape index (κ1) is 37.4. The molecule has 0 radical (unpaired) electrons. The van der Waals surface area contributed by atoms with Gasteiger partial charge in [0.25, 0.3) is 11.6 Å². The van der Waals surface area contributed by atoms with Crippen molar-refractivity contribution in [2.75, 3.05) is 71.6 Å². The maximum Gasteiger partial charge on any atom is 0.285 e. The van der Waals surface area contributed by atoms with Gasteiger partial charge in [-0.05, 0) is 61.2 Å². The van der Waals surface area contributed by atoms with E-state index in [1.54, 1.807) is 52.7 Å². The summed E-state index contributed by atoms with van der Waals surface area (Å²) in [5.74, 6) is 2.42. The van der Waals surface area contributed by atoms with E-state index in [-0.39, 0.29) is 52.3 Å². The molecule has 4 rings (SSSR count). The molecule has 1 N–H and O–H groups in total. The van der Waals surface area contributed by atoms with Gasteiger partial charge >= 0.3 is 0 Å². The summed E-state index contributed by atoms with van der Waals surface area (Å²) >= 11 is 3.59. The van der Waals surface area contributed by atoms with Crippen LogP contribution >= 0.6 is 23.5 Å². The maximum atomic E-state index is 13.8. The molecule has 48 heavy (non-hydrogen) atoms. The molecule has 2 aliphatic heterocycles. The summed E-state index contributed by atoms with van der Waals surface area (Å²) in [6, 6.07) is 7.88. The number of rotatable bonds is 16. The van der Waals surface area contributed by atoms with Crippen molar-refractivity contribution in [2.24, 2.45) is 0 Å². The van der Waals surface area contributed by atoms with Gasteiger partial charge in [-0.2, -0.15) is 0 Å². The van der Waals surface area contributed by atoms with E-state index in [4.69, 9.17) is 14.2 Å². The number of nitro benzene ring substituents is 1. The third-order valence-electron chi connectivity index (χ3n) is 8.33. The summed E-state index contributed by atoms with van der Waals surface area (Å²) in [6.45, 7) is 7.43. The zero-order valence-corrected chi connectivity index (χ0v) is 29.7. The van der Waals surface area contributed by atoms with Gasteiger partial charge in [-0.25, -0.2) is 0 Å². The second-order valence-electron chi connectivity index (χ2n) is 11.4. The molecule has 0 saturated carbocycles. The summed E-state index contributed by atoms with van der Waals surface area (Å²) in [5, 5.41) is 22.3. The first-order valence-corrected chi connectivity index (χ1v) is 18.4. The highest BCUT2D eigenvalue weighted by Crippen LogP contribution is 2.38. The Balaban J connectivity index is 1.40. The highest BCUT2D eigenvalue weighted by molar-refractivity contribution is 8.17. The summed E-state index contributed by atoms with van der Waals surface area (Å²) < 4.78 is 17.4. The highest BCUT2D eigenvalue weighted by atomic mass is 32.2. The molecule has 12 nitrogen and oxygen atoms in total. The number of ether oxygens (including phenoxy) is 3. The van der Waals surface area contributed by atoms with Crippen LogP contribution < -0.4 is 14.2 Å². The van der Waals surface area contributed by atoms with Crippen molar-refractivity contribution in [1.82, 2.24) is 14.7 Å². The number of thioether (sulfide) groups is 2. The summed E-state index contributed by atoms with van der Waals surface area (Å²) in [7, 11) is 3.56. The molecule has 2 aromatic carbocycles. The van der Waals surface area contributed by atoms with Gasteiger partial charge in [-0.15, -0.1) is 23.5 Å². The zero-order chi connectivity index (χ0) is 34.6. The number of carbonyl (C=O) groups is 2. The number of likely N-dealkylation sites (tertiary alicyclic amines) is 1. The molecular formula is C34H46N4O8S2. The average Bonchev–Trinajstić information content (AvgIpc) is 3.59. The van der Waals surface area contributed by atoms with Crippen molar-refractivity contribution in [2.45, 2.75) is 43.9 Å². The Labute approximate surface area is 290 Å². The first-order chi connectivity index (χ1) is 23.2. The van der Waals surface area contributed by atoms with Crippen molar-refractivity contribution < 1.29 is 33.8 Å². The molecular weight excluding hydrogens is 657 g/mol. The fraction of sp³-hybridized carbons (Fsp3) is 0.529. The number of nitrogens with zero attached hydrogens (tertiary/aromatic N) is 4. The minimum atomic E-state index is -0.582. The van der Waals surface area contributed by atoms with E-state index in [0.717, 1.165) is 43.0 Å². The number of likely N-dealkylation sites (N-methyl/N-ethyl adjacent to an activating group) is 1. The van der Waals surface area contributed by atoms with E-state index >= 15 is 0 Å². The van der Waals surface area contributed by atoms with Crippen molar-refractivity contribution in [3.8, 4) is 17.2 Å². The zero-order valence-electron chi connectivity index (χ0n) is 28.1. The molecule has 262 valence electrons. The van der Waals surface area contributed by atoms with E-state index in [0.29, 0.717) is 31.1 Å². The average molecular weight is 703 g/mol. The number of piperazine rings is 1. The molecule has 0 aliphatic carbocycles. The minimum Gasteiger partial charge on any atom is -0.493 e. The fourth-order valence-corrected chi connectivity index (χ4v) is 8.65. The lowest BCUT2D eigenvalue weighted by atomic mass is 10.1. The number of hydrogen-bond acceptors (Lipinski definition) is 11. The van der Waals surface area contributed by atoms with Crippen LogP contribution in [0.1, 0.15) is 48.2 Å². The van der Waals surface area contributed by atoms with Gasteiger partial charge in [0.1, 0.15) is 24.5 Å². The van der Waals surface area contributed by atoms with Gasteiger partial charge < -0.3 is 34.0 Å². The van der Waals surface area contributed by atoms with Gasteiger partial charge in [-0.3, -0.25) is 19.7 Å². The predicted octanol–water partition coefficient (Wildman–Crippen LogP) is 4.78. The van der Waals surface area contributed by atoms with Crippen molar-refractivity contribution in [3.63, 3.8) is 0 Å². The van der Waals surface area contributed by atoms with Crippen molar-refractivity contribution in [3.05, 3.63) is 63.2 Å². The lowest BCUT2D eigenvalue weighted by molar-refractivity contribution is -0.385. The van der Waals surface area contributed by atoms with Crippen LogP contribution in [0.4, 0.5) is 5.69 Å². The number of amides is 2. The van der Waals surface area contributed by atoms with Gasteiger partial charge in [0.15, 0.2) is 11.5 Å². The fourth-order valence-electron chi connectivity index (χ4n) is 5.79. The number of aliphatic hydroxyl groups excluding tert-OH is 1. The standard InChI is InChI=1S/C34H46N4O8S2/c1-5-47-34(48-6-2)27-8-7-13-37(27)33(41)26-21-25(23-39)30(22-28(26)38(42)43)46-19-18-45-29-11-9-24(20-31(29)44-4)10-12-32(40)36-16-14-35(3)15-17-36/h9-12,20-22,27,34,39H,5-8,13-19,23H2,1-4H3/b12-10+/t27-/m0/s1. The highest BCUT2D eigenvalue weighted by Gasteiger charge is 2.38. The number of hydrogen-bond donors (Lipinski definition) is 1. The Kier molecular flexibility index (Phi) is 14.3. The van der Waals surface area contributed by atoms with Gasteiger partial charge in [0, 0.05) is 44.4 Å². The van der Waals surface area contributed by atoms with E-state index in [1.807, 2.05) is 18.0 Å². The van der Waals surface area contributed by atoms with Gasteiger partial charge in [-0.1, -0.05) is 19.9 Å². The third-order valence-corrected chi connectivity index (χ3v) is 11.1. The van der Waals surface area contributed by atoms with Crippen molar-refractivity contribution in [1.29, 1.82) is 0 Å². The Morgan fingerprint density at radius 1 is 1.02 bits per heavy atom. The monoisotopic (exact) mass is 702 g/mol. The normalized spacial score (nSPS) is 16.9. The summed E-state index contributed by atoms with van der Waals surface area (Å²) in [6.07, 6.45) is 4.98. The Bertz CT molecular complexity index is 1440. The topological polar surface area (TPSA) is 135 Å². The summed E-state index contributed by atoms with van der Waals surface area (Å²) in [4.78, 5) is 43.7. The van der Waals surface area contributed by atoms with Crippen LogP contribution in [-0.4, -0.2) is 119 Å². The molecule has 2 aromatic rings. The maximum absolute atomic E-state index is 13.8. The molecule has 2 fully saturated rings. The molecule has 0 aromatic heterocycles. The molecule has 2 heterocycles. The summed E-state index contributed by atoms with van der Waals surface area (Å²) in [5.41, 5.74) is 0.641. The Morgan fingerprint density at radius 2 is 1.71 bits per heavy atom. The first-order valence-electron chi connectivity index (χ1n) is 16.3. The largest absolute Gasteiger partial charge is 0.493 e. The Hall–Kier alpha value is -3.46.